The highest BCUT2D eigenvalue weighted by Gasteiger charge is 2.18. The van der Waals surface area contributed by atoms with Gasteiger partial charge < -0.3 is 0 Å². The fourth-order valence-electron chi connectivity index (χ4n) is 2.50. The molecule has 0 aliphatic heterocycles. The Morgan fingerprint density at radius 1 is 0.905 bits per heavy atom. The van der Waals surface area contributed by atoms with Crippen LogP contribution in [0, 0.1) is 5.82 Å². The fraction of sp³-hybridized carbons (Fsp3) is 0. The predicted octanol–water partition coefficient (Wildman–Crippen LogP) is 2.20. The molecule has 2 aromatic heterocycles. The number of hydrogen-bond donors (Lipinski definition) is 1. The van der Waals surface area contributed by atoms with Crippen molar-refractivity contribution in [1.29, 1.82) is 0 Å². The van der Waals surface area contributed by atoms with E-state index in [1.165, 1.54) is 16.8 Å². The Labute approximate surface area is 118 Å². The number of H-pyrrole nitrogens is 1. The van der Waals surface area contributed by atoms with Crippen LogP contribution in [0.25, 0.3) is 22.1 Å². The van der Waals surface area contributed by atoms with Crippen LogP contribution in [0.2, 0.25) is 0 Å². The molecule has 0 aliphatic rings. The van der Waals surface area contributed by atoms with Gasteiger partial charge in [-0.1, -0.05) is 28.1 Å². The summed E-state index contributed by atoms with van der Waals surface area (Å²) in [4.78, 5) is 12.5. The largest absolute Gasteiger partial charge is 0.406 e. The number of para-hydroxylation sites is 1. The Balaban J connectivity index is 2.07. The summed E-state index contributed by atoms with van der Waals surface area (Å²) in [5, 5.41) is 4.07. The van der Waals surface area contributed by atoms with Gasteiger partial charge >= 0.3 is 5.56 Å². The highest BCUT2D eigenvalue weighted by Crippen LogP contribution is 2.10. The maximum atomic E-state index is 13.0. The van der Waals surface area contributed by atoms with Crippen LogP contribution in [-0.2, 0) is 0 Å². The van der Waals surface area contributed by atoms with Crippen molar-refractivity contribution < 1.29 is 8.91 Å². The van der Waals surface area contributed by atoms with Crippen LogP contribution >= 0.6 is 0 Å². The quantitative estimate of drug-likeness (QED) is 0.534. The minimum atomic E-state index is -0.332. The summed E-state index contributed by atoms with van der Waals surface area (Å²) in [6.45, 7) is 0. The highest BCUT2D eigenvalue weighted by molar-refractivity contribution is 5.76. The van der Waals surface area contributed by atoms with Gasteiger partial charge in [0.1, 0.15) is 5.82 Å². The number of pyridine rings is 1. The first-order chi connectivity index (χ1) is 10.2. The second-order valence-corrected chi connectivity index (χ2v) is 4.83. The molecule has 0 unspecified atom stereocenters. The Morgan fingerprint density at radius 3 is 2.48 bits per heavy atom. The molecule has 21 heavy (non-hydrogen) atoms. The molecular formula is C16H11FN3O+. The number of aromatic amines is 1. The number of halogens is 1. The van der Waals surface area contributed by atoms with E-state index in [1.54, 1.807) is 22.7 Å². The molecule has 102 valence electrons. The number of hydrogen-bond acceptors (Lipinski definition) is 1. The molecule has 4 aromatic rings. The van der Waals surface area contributed by atoms with Crippen molar-refractivity contribution in [3.8, 4) is 5.69 Å². The molecule has 2 heterocycles. The van der Waals surface area contributed by atoms with Gasteiger partial charge in [-0.3, -0.25) is 0 Å². The number of rotatable bonds is 1. The maximum Gasteiger partial charge on any atom is 0.406 e. The maximum absolute atomic E-state index is 13.0. The smallest absolute Gasteiger partial charge is 0.234 e. The van der Waals surface area contributed by atoms with E-state index in [1.807, 2.05) is 30.3 Å². The van der Waals surface area contributed by atoms with Crippen LogP contribution < -0.4 is 10.1 Å². The third-order valence-electron chi connectivity index (χ3n) is 3.55. The number of benzene rings is 2. The van der Waals surface area contributed by atoms with E-state index < -0.39 is 0 Å². The Hall–Kier alpha value is -2.95. The normalized spacial score (nSPS) is 11.3. The van der Waals surface area contributed by atoms with Gasteiger partial charge in [-0.2, -0.15) is 0 Å². The fourth-order valence-corrected chi connectivity index (χ4v) is 2.50. The van der Waals surface area contributed by atoms with E-state index in [9.17, 15) is 9.18 Å². The minimum absolute atomic E-state index is 0.174. The molecule has 0 aliphatic carbocycles. The Kier molecular flexibility index (Phi) is 2.41. The van der Waals surface area contributed by atoms with E-state index in [0.29, 0.717) is 11.2 Å². The van der Waals surface area contributed by atoms with Crippen LogP contribution in [0.4, 0.5) is 4.39 Å². The van der Waals surface area contributed by atoms with Gasteiger partial charge in [0.05, 0.1) is 0 Å². The standard InChI is InChI=1S/C16H10FN3O/c17-12-6-8-13(9-7-12)19-16(21)15-10-5-11-3-1-2-4-14(11)20(15)18-19/h1-10H/p+1. The molecule has 0 saturated heterocycles. The molecule has 2 aromatic carbocycles. The summed E-state index contributed by atoms with van der Waals surface area (Å²) in [6.07, 6.45) is 0. The molecule has 4 nitrogen and oxygen atoms in total. The molecule has 0 amide bonds. The average Bonchev–Trinajstić information content (AvgIpc) is 2.86. The predicted molar refractivity (Wildman–Crippen MR) is 77.0 cm³/mol. The lowest BCUT2D eigenvalue weighted by Crippen LogP contribution is -2.25. The molecule has 1 N–H and O–H groups in total. The molecule has 0 atom stereocenters. The van der Waals surface area contributed by atoms with Crippen molar-refractivity contribution in [2.45, 2.75) is 0 Å². The minimum Gasteiger partial charge on any atom is -0.234 e. The van der Waals surface area contributed by atoms with E-state index in [4.69, 9.17) is 0 Å². The summed E-state index contributed by atoms with van der Waals surface area (Å²) in [5.41, 5.74) is 1.87. The van der Waals surface area contributed by atoms with Crippen LogP contribution in [0.3, 0.4) is 0 Å². The van der Waals surface area contributed by atoms with Gasteiger partial charge in [-0.25, -0.2) is 9.18 Å². The van der Waals surface area contributed by atoms with Gasteiger partial charge in [0.25, 0.3) is 0 Å². The van der Waals surface area contributed by atoms with Gasteiger partial charge in [0, 0.05) is 5.39 Å². The molecule has 0 spiro atoms. The van der Waals surface area contributed by atoms with Crippen molar-refractivity contribution in [3.63, 3.8) is 0 Å². The molecule has 0 saturated carbocycles. The van der Waals surface area contributed by atoms with Crippen molar-refractivity contribution in [2.24, 2.45) is 0 Å². The second kappa shape index (κ2) is 4.28. The van der Waals surface area contributed by atoms with E-state index >= 15 is 0 Å². The highest BCUT2D eigenvalue weighted by atomic mass is 19.1. The van der Waals surface area contributed by atoms with Crippen molar-refractivity contribution in [2.75, 3.05) is 0 Å². The summed E-state index contributed by atoms with van der Waals surface area (Å²) in [6, 6.07) is 17.3. The average molecular weight is 280 g/mol. The van der Waals surface area contributed by atoms with Gasteiger partial charge in [-0.05, 0) is 42.5 Å². The zero-order chi connectivity index (χ0) is 14.4. The topological polar surface area (TPSA) is 41.9 Å². The zero-order valence-electron chi connectivity index (χ0n) is 11.0. The van der Waals surface area contributed by atoms with E-state index in [-0.39, 0.29) is 11.4 Å². The van der Waals surface area contributed by atoms with Crippen molar-refractivity contribution in [1.82, 2.24) is 9.90 Å². The molecule has 5 heteroatoms. The summed E-state index contributed by atoms with van der Waals surface area (Å²) in [5.74, 6) is -0.332. The molecule has 4 rings (SSSR count). The summed E-state index contributed by atoms with van der Waals surface area (Å²) in [7, 11) is 0. The van der Waals surface area contributed by atoms with Crippen LogP contribution in [0.1, 0.15) is 0 Å². The SMILES string of the molecule is O=c1c2ccc3ccccc3[n+]2[nH]n1-c1ccc(F)cc1. The number of aromatic nitrogens is 3. The molecule has 0 bridgehead atoms. The first-order valence-corrected chi connectivity index (χ1v) is 6.54. The van der Waals surface area contributed by atoms with Crippen molar-refractivity contribution >= 4 is 16.4 Å². The molecule has 0 radical (unpaired) electrons. The third-order valence-corrected chi connectivity index (χ3v) is 3.55. The van der Waals surface area contributed by atoms with Crippen LogP contribution in [-0.4, -0.2) is 9.90 Å². The Morgan fingerprint density at radius 2 is 1.67 bits per heavy atom. The first kappa shape index (κ1) is 11.8. The van der Waals surface area contributed by atoms with Crippen LogP contribution in [0.15, 0.2) is 65.5 Å². The van der Waals surface area contributed by atoms with Crippen molar-refractivity contribution in [3.05, 3.63) is 76.8 Å². The second-order valence-electron chi connectivity index (χ2n) is 4.83. The van der Waals surface area contributed by atoms with E-state index in [2.05, 4.69) is 5.21 Å². The van der Waals surface area contributed by atoms with Gasteiger partial charge in [0.2, 0.25) is 5.52 Å². The number of nitrogens with one attached hydrogen (secondary N) is 1. The van der Waals surface area contributed by atoms with Gasteiger partial charge in [-0.15, -0.1) is 4.52 Å². The lowest BCUT2D eigenvalue weighted by molar-refractivity contribution is -0.555. The van der Waals surface area contributed by atoms with Gasteiger partial charge in [0.15, 0.2) is 11.2 Å². The lowest BCUT2D eigenvalue weighted by Gasteiger charge is -1.94. The summed E-state index contributed by atoms with van der Waals surface area (Å²) >= 11 is 0. The third kappa shape index (κ3) is 1.74. The molecular weight excluding hydrogens is 269 g/mol. The summed E-state index contributed by atoms with van der Waals surface area (Å²) < 4.78 is 16.2. The zero-order valence-corrected chi connectivity index (χ0v) is 11.0. The molecule has 0 fully saturated rings. The monoisotopic (exact) mass is 280 g/mol. The number of nitrogens with zero attached hydrogens (tertiary/aromatic N) is 2. The Bertz CT molecular complexity index is 1020. The first-order valence-electron chi connectivity index (χ1n) is 6.54. The lowest BCUT2D eigenvalue weighted by atomic mass is 10.2. The number of fused-ring (bicyclic) bond motifs is 3. The van der Waals surface area contributed by atoms with E-state index in [0.717, 1.165) is 10.9 Å². The van der Waals surface area contributed by atoms with Crippen LogP contribution in [0.5, 0.6) is 0 Å².